The Hall–Kier alpha value is -1.65. The normalized spacial score (nSPS) is 14.3. The fraction of sp³-hybridized carbons (Fsp3) is 0.545. The highest BCUT2D eigenvalue weighted by atomic mass is 19.4. The van der Waals surface area contributed by atoms with Crippen LogP contribution in [0.1, 0.15) is 36.2 Å². The van der Waals surface area contributed by atoms with Gasteiger partial charge >= 0.3 is 12.4 Å². The smallest absolute Gasteiger partial charge is 0.263 e. The van der Waals surface area contributed by atoms with Crippen molar-refractivity contribution < 1.29 is 26.3 Å². The molecule has 0 saturated carbocycles. The molecule has 1 atom stereocenters. The molecule has 0 aliphatic heterocycles. The average molecular weight is 284 g/mol. The molecule has 106 valence electrons. The summed E-state index contributed by atoms with van der Waals surface area (Å²) < 4.78 is 76.9. The molecule has 19 heavy (non-hydrogen) atoms. The third kappa shape index (κ3) is 3.03. The third-order valence-corrected chi connectivity index (χ3v) is 2.54. The maximum absolute atomic E-state index is 12.8. The van der Waals surface area contributed by atoms with Crippen molar-refractivity contribution in [2.45, 2.75) is 31.6 Å². The van der Waals surface area contributed by atoms with Gasteiger partial charge in [0.05, 0.1) is 0 Å². The summed E-state index contributed by atoms with van der Waals surface area (Å²) in [6, 6.07) is 0. The van der Waals surface area contributed by atoms with Crippen molar-refractivity contribution in [2.24, 2.45) is 7.05 Å². The second-order valence-electron chi connectivity index (χ2n) is 4.04. The Kier molecular flexibility index (Phi) is 3.89. The first-order chi connectivity index (χ1) is 8.50. The minimum Gasteiger partial charge on any atom is -0.263 e. The molecule has 0 spiro atoms. The number of nitrogens with zero attached hydrogens (tertiary/aromatic N) is 2. The molecular weight excluding hydrogens is 274 g/mol. The SMILES string of the molecule is C#CCC(C)c1c(C(F)(F)F)nn(C)c1C(F)(F)F. The molecule has 0 saturated heterocycles. The lowest BCUT2D eigenvalue weighted by Gasteiger charge is -2.15. The number of rotatable bonds is 2. The Morgan fingerprint density at radius 2 is 1.74 bits per heavy atom. The summed E-state index contributed by atoms with van der Waals surface area (Å²) in [6.07, 6.45) is -5.17. The molecule has 0 bridgehead atoms. The lowest BCUT2D eigenvalue weighted by molar-refractivity contribution is -0.145. The standard InChI is InChI=1S/C11H10F6N2/c1-4-5-6(2)7-8(10(12,13)14)18-19(3)9(7)11(15,16)17/h1,6H,5H2,2-3H3. The first kappa shape index (κ1) is 15.4. The highest BCUT2D eigenvalue weighted by Crippen LogP contribution is 2.42. The molecular formula is C11H10F6N2. The van der Waals surface area contributed by atoms with Crippen molar-refractivity contribution in [1.29, 1.82) is 0 Å². The van der Waals surface area contributed by atoms with Crippen molar-refractivity contribution in [1.82, 2.24) is 9.78 Å². The molecule has 0 aliphatic rings. The predicted octanol–water partition coefficient (Wildman–Crippen LogP) is 3.58. The first-order valence-corrected chi connectivity index (χ1v) is 5.14. The molecule has 0 aliphatic carbocycles. The molecule has 0 fully saturated rings. The van der Waals surface area contributed by atoms with Crippen LogP contribution < -0.4 is 0 Å². The van der Waals surface area contributed by atoms with E-state index < -0.39 is 35.2 Å². The third-order valence-electron chi connectivity index (χ3n) is 2.54. The van der Waals surface area contributed by atoms with Gasteiger partial charge < -0.3 is 0 Å². The van der Waals surface area contributed by atoms with E-state index in [0.29, 0.717) is 0 Å². The lowest BCUT2D eigenvalue weighted by Crippen LogP contribution is -2.16. The maximum Gasteiger partial charge on any atom is 0.435 e. The van der Waals surface area contributed by atoms with Gasteiger partial charge in [-0.1, -0.05) is 6.92 Å². The average Bonchev–Trinajstić information content (AvgIpc) is 2.55. The summed E-state index contributed by atoms with van der Waals surface area (Å²) in [5.74, 6) is 0.970. The largest absolute Gasteiger partial charge is 0.435 e. The van der Waals surface area contributed by atoms with Gasteiger partial charge in [-0.2, -0.15) is 31.4 Å². The van der Waals surface area contributed by atoms with Crippen LogP contribution in [0.3, 0.4) is 0 Å². The summed E-state index contributed by atoms with van der Waals surface area (Å²) in [4.78, 5) is 0. The van der Waals surface area contributed by atoms with E-state index in [1.807, 2.05) is 0 Å². The Bertz CT molecular complexity index is 503. The van der Waals surface area contributed by atoms with Gasteiger partial charge in [0.15, 0.2) is 5.69 Å². The van der Waals surface area contributed by atoms with Crippen molar-refractivity contribution in [3.63, 3.8) is 0 Å². The Morgan fingerprint density at radius 1 is 1.21 bits per heavy atom. The second kappa shape index (κ2) is 4.79. The van der Waals surface area contributed by atoms with Gasteiger partial charge in [0.1, 0.15) is 5.69 Å². The van der Waals surface area contributed by atoms with Gasteiger partial charge in [0.2, 0.25) is 0 Å². The highest BCUT2D eigenvalue weighted by molar-refractivity contribution is 5.34. The minimum atomic E-state index is -4.96. The number of alkyl halides is 6. The first-order valence-electron chi connectivity index (χ1n) is 5.14. The van der Waals surface area contributed by atoms with Crippen LogP contribution in [0.15, 0.2) is 0 Å². The zero-order chi connectivity index (χ0) is 15.0. The fourth-order valence-electron chi connectivity index (χ4n) is 1.83. The van der Waals surface area contributed by atoms with Crippen LogP contribution in [0.5, 0.6) is 0 Å². The number of aromatic nitrogens is 2. The molecule has 0 amide bonds. The number of aryl methyl sites for hydroxylation is 1. The van der Waals surface area contributed by atoms with Crippen LogP contribution >= 0.6 is 0 Å². The number of hydrogen-bond donors (Lipinski definition) is 0. The zero-order valence-corrected chi connectivity index (χ0v) is 10.0. The van der Waals surface area contributed by atoms with E-state index in [1.165, 1.54) is 6.92 Å². The zero-order valence-electron chi connectivity index (χ0n) is 10.0. The van der Waals surface area contributed by atoms with E-state index >= 15 is 0 Å². The van der Waals surface area contributed by atoms with E-state index in [1.54, 1.807) is 0 Å². The predicted molar refractivity (Wildman–Crippen MR) is 55.1 cm³/mol. The fourth-order valence-corrected chi connectivity index (χ4v) is 1.83. The Labute approximate surface area is 105 Å². The van der Waals surface area contributed by atoms with E-state index in [2.05, 4.69) is 11.0 Å². The molecule has 1 heterocycles. The van der Waals surface area contributed by atoms with E-state index in [9.17, 15) is 26.3 Å². The maximum atomic E-state index is 12.8. The highest BCUT2D eigenvalue weighted by Gasteiger charge is 2.46. The molecule has 1 unspecified atom stereocenters. The molecule has 2 nitrogen and oxygen atoms in total. The van der Waals surface area contributed by atoms with Crippen molar-refractivity contribution >= 4 is 0 Å². The van der Waals surface area contributed by atoms with Crippen molar-refractivity contribution in [3.05, 3.63) is 17.0 Å². The molecule has 0 radical (unpaired) electrons. The van der Waals surface area contributed by atoms with Crippen LogP contribution in [-0.2, 0) is 19.4 Å². The molecule has 1 aromatic heterocycles. The van der Waals surface area contributed by atoms with Crippen molar-refractivity contribution in [3.8, 4) is 12.3 Å². The number of terminal acetylenes is 1. The second-order valence-corrected chi connectivity index (χ2v) is 4.04. The topological polar surface area (TPSA) is 17.8 Å². The van der Waals surface area contributed by atoms with Gasteiger partial charge in [-0.25, -0.2) is 0 Å². The molecule has 1 aromatic rings. The van der Waals surface area contributed by atoms with Gasteiger partial charge in [0.25, 0.3) is 0 Å². The monoisotopic (exact) mass is 284 g/mol. The summed E-state index contributed by atoms with van der Waals surface area (Å²) in [5.41, 5.74) is -3.85. The van der Waals surface area contributed by atoms with Crippen molar-refractivity contribution in [2.75, 3.05) is 0 Å². The summed E-state index contributed by atoms with van der Waals surface area (Å²) >= 11 is 0. The summed E-state index contributed by atoms with van der Waals surface area (Å²) in [7, 11) is 0.824. The van der Waals surface area contributed by atoms with Crippen LogP contribution in [0.4, 0.5) is 26.3 Å². The van der Waals surface area contributed by atoms with Gasteiger partial charge in [-0.05, 0) is 5.92 Å². The quantitative estimate of drug-likeness (QED) is 0.599. The molecule has 8 heteroatoms. The van der Waals surface area contributed by atoms with Crippen LogP contribution in [0, 0.1) is 12.3 Å². The van der Waals surface area contributed by atoms with Gasteiger partial charge in [-0.15, -0.1) is 12.3 Å². The van der Waals surface area contributed by atoms with Crippen LogP contribution in [0.2, 0.25) is 0 Å². The van der Waals surface area contributed by atoms with E-state index in [0.717, 1.165) is 7.05 Å². The summed E-state index contributed by atoms with van der Waals surface area (Å²) in [6.45, 7) is 1.21. The van der Waals surface area contributed by atoms with Crippen LogP contribution in [0.25, 0.3) is 0 Å². The Morgan fingerprint density at radius 3 is 2.11 bits per heavy atom. The number of hydrogen-bond acceptors (Lipinski definition) is 1. The van der Waals surface area contributed by atoms with E-state index in [-0.39, 0.29) is 11.1 Å². The van der Waals surface area contributed by atoms with Crippen LogP contribution in [-0.4, -0.2) is 9.78 Å². The minimum absolute atomic E-state index is 0.200. The molecule has 0 N–H and O–H groups in total. The van der Waals surface area contributed by atoms with Gasteiger partial charge in [-0.3, -0.25) is 4.68 Å². The summed E-state index contributed by atoms with van der Waals surface area (Å²) in [5, 5.41) is 2.95. The van der Waals surface area contributed by atoms with E-state index in [4.69, 9.17) is 6.42 Å². The Balaban J connectivity index is 3.57. The number of halogens is 6. The molecule has 1 rings (SSSR count). The molecule has 0 aromatic carbocycles. The van der Waals surface area contributed by atoms with Gasteiger partial charge in [0, 0.05) is 19.0 Å². The lowest BCUT2D eigenvalue weighted by atomic mass is 9.95.